The van der Waals surface area contributed by atoms with Gasteiger partial charge in [0.1, 0.15) is 0 Å². The van der Waals surface area contributed by atoms with Crippen LogP contribution >= 0.6 is 24.0 Å². The number of halogens is 2. The molecule has 0 aliphatic heterocycles. The highest BCUT2D eigenvalue weighted by atomic mass is 35.5. The maximum Gasteiger partial charge on any atom is 0.253 e. The van der Waals surface area contributed by atoms with Crippen LogP contribution in [0.1, 0.15) is 24.2 Å². The molecule has 0 heterocycles. The molecule has 134 valence electrons. The zero-order valence-electron chi connectivity index (χ0n) is 13.7. The number of carbonyl (C=O) groups excluding carboxylic acids is 3. The summed E-state index contributed by atoms with van der Waals surface area (Å²) >= 11 is 5.86. The molecule has 0 bridgehead atoms. The highest BCUT2D eigenvalue weighted by molar-refractivity contribution is 6.31. The van der Waals surface area contributed by atoms with Gasteiger partial charge in [0, 0.05) is 12.1 Å². The smallest absolute Gasteiger partial charge is 0.253 e. The number of rotatable bonds is 6. The van der Waals surface area contributed by atoms with Gasteiger partial charge in [-0.25, -0.2) is 0 Å². The Hall–Kier alpha value is -1.83. The van der Waals surface area contributed by atoms with E-state index in [1.165, 1.54) is 19.2 Å². The minimum atomic E-state index is -0.681. The maximum atomic E-state index is 11.9. The third-order valence-electron chi connectivity index (χ3n) is 3.17. The van der Waals surface area contributed by atoms with E-state index in [-0.39, 0.29) is 36.3 Å². The molecule has 5 N–H and O–H groups in total. The molecule has 0 aromatic heterocycles. The van der Waals surface area contributed by atoms with E-state index in [9.17, 15) is 14.4 Å². The summed E-state index contributed by atoms with van der Waals surface area (Å²) < 4.78 is 0. The number of nitrogens with one attached hydrogen (secondary N) is 3. The fourth-order valence-corrected chi connectivity index (χ4v) is 1.90. The van der Waals surface area contributed by atoms with Gasteiger partial charge in [0.15, 0.2) is 0 Å². The second-order valence-electron chi connectivity index (χ2n) is 5.30. The summed E-state index contributed by atoms with van der Waals surface area (Å²) in [5, 5.41) is 7.86. The van der Waals surface area contributed by atoms with Crippen molar-refractivity contribution in [3.63, 3.8) is 0 Å². The SMILES string of the molecule is CNC(=O)c1cc(Cl)ccc1NC(=O)CNC(=O)[C@@H](N)C(C)C.Cl. The minimum Gasteiger partial charge on any atom is -0.355 e. The van der Waals surface area contributed by atoms with Crippen molar-refractivity contribution >= 4 is 47.4 Å². The predicted octanol–water partition coefficient (Wildman–Crippen LogP) is 1.16. The van der Waals surface area contributed by atoms with E-state index in [0.717, 1.165) is 0 Å². The van der Waals surface area contributed by atoms with Crippen LogP contribution in [0.25, 0.3) is 0 Å². The van der Waals surface area contributed by atoms with Crippen molar-refractivity contribution in [1.82, 2.24) is 10.6 Å². The highest BCUT2D eigenvalue weighted by Gasteiger charge is 2.18. The van der Waals surface area contributed by atoms with E-state index in [2.05, 4.69) is 16.0 Å². The van der Waals surface area contributed by atoms with Gasteiger partial charge in [0.2, 0.25) is 11.8 Å². The minimum absolute atomic E-state index is 0. The standard InChI is InChI=1S/C15H21ClN4O3.ClH/c1-8(2)13(17)15(23)19-7-12(21)20-11-5-4-9(16)6-10(11)14(22)18-3;/h4-6,8,13H,7,17H2,1-3H3,(H,18,22)(H,19,23)(H,20,21);1H/t13-;/m0./s1. The molecule has 0 radical (unpaired) electrons. The molecule has 0 aliphatic rings. The van der Waals surface area contributed by atoms with Gasteiger partial charge in [-0.1, -0.05) is 25.4 Å². The molecule has 1 rings (SSSR count). The van der Waals surface area contributed by atoms with Crippen molar-refractivity contribution in [2.24, 2.45) is 11.7 Å². The first-order chi connectivity index (χ1) is 10.8. The lowest BCUT2D eigenvalue weighted by Crippen LogP contribution is -2.46. The van der Waals surface area contributed by atoms with Crippen LogP contribution < -0.4 is 21.7 Å². The Morgan fingerprint density at radius 1 is 1.25 bits per heavy atom. The van der Waals surface area contributed by atoms with Crippen LogP contribution in [0.15, 0.2) is 18.2 Å². The molecule has 24 heavy (non-hydrogen) atoms. The summed E-state index contributed by atoms with van der Waals surface area (Å²) in [7, 11) is 1.47. The van der Waals surface area contributed by atoms with Crippen LogP contribution in [0.5, 0.6) is 0 Å². The van der Waals surface area contributed by atoms with Crippen molar-refractivity contribution < 1.29 is 14.4 Å². The van der Waals surface area contributed by atoms with Crippen LogP contribution in [-0.2, 0) is 9.59 Å². The average Bonchev–Trinajstić information content (AvgIpc) is 2.52. The summed E-state index contributed by atoms with van der Waals surface area (Å²) in [4.78, 5) is 35.4. The number of carbonyl (C=O) groups is 3. The molecule has 0 fully saturated rings. The van der Waals surface area contributed by atoms with Gasteiger partial charge in [-0.3, -0.25) is 14.4 Å². The molecule has 7 nitrogen and oxygen atoms in total. The summed E-state index contributed by atoms with van der Waals surface area (Å²) in [6.45, 7) is 3.39. The van der Waals surface area contributed by atoms with Crippen LogP contribution in [0.3, 0.4) is 0 Å². The van der Waals surface area contributed by atoms with Crippen LogP contribution in [-0.4, -0.2) is 37.4 Å². The van der Waals surface area contributed by atoms with Gasteiger partial charge >= 0.3 is 0 Å². The van der Waals surface area contributed by atoms with E-state index < -0.39 is 17.9 Å². The van der Waals surface area contributed by atoms with Gasteiger partial charge in [0.05, 0.1) is 23.8 Å². The third-order valence-corrected chi connectivity index (χ3v) is 3.41. The van der Waals surface area contributed by atoms with Gasteiger partial charge in [-0.05, 0) is 24.1 Å². The lowest BCUT2D eigenvalue weighted by Gasteiger charge is -2.15. The van der Waals surface area contributed by atoms with Crippen molar-refractivity contribution in [1.29, 1.82) is 0 Å². The van der Waals surface area contributed by atoms with Gasteiger partial charge in [-0.2, -0.15) is 0 Å². The Kier molecular flexibility index (Phi) is 9.35. The van der Waals surface area contributed by atoms with E-state index in [1.54, 1.807) is 6.07 Å². The summed E-state index contributed by atoms with van der Waals surface area (Å²) in [5.74, 6) is -1.29. The topological polar surface area (TPSA) is 113 Å². The summed E-state index contributed by atoms with van der Waals surface area (Å²) in [5.41, 5.74) is 6.23. The largest absolute Gasteiger partial charge is 0.355 e. The second kappa shape index (κ2) is 10.1. The summed E-state index contributed by atoms with van der Waals surface area (Å²) in [6, 6.07) is 3.84. The zero-order valence-corrected chi connectivity index (χ0v) is 15.3. The molecule has 1 aromatic rings. The Morgan fingerprint density at radius 3 is 2.42 bits per heavy atom. The number of anilines is 1. The van der Waals surface area contributed by atoms with E-state index in [0.29, 0.717) is 10.7 Å². The van der Waals surface area contributed by atoms with E-state index in [4.69, 9.17) is 17.3 Å². The number of benzene rings is 1. The Labute approximate surface area is 152 Å². The quantitative estimate of drug-likeness (QED) is 0.596. The van der Waals surface area contributed by atoms with Crippen molar-refractivity contribution in [3.8, 4) is 0 Å². The molecular weight excluding hydrogens is 355 g/mol. The number of amides is 3. The highest BCUT2D eigenvalue weighted by Crippen LogP contribution is 2.20. The van der Waals surface area contributed by atoms with Crippen molar-refractivity contribution in [3.05, 3.63) is 28.8 Å². The van der Waals surface area contributed by atoms with Crippen molar-refractivity contribution in [2.75, 3.05) is 18.9 Å². The number of hydrogen-bond acceptors (Lipinski definition) is 4. The first kappa shape index (κ1) is 22.2. The normalized spacial score (nSPS) is 11.2. The van der Waals surface area contributed by atoms with Crippen molar-refractivity contribution in [2.45, 2.75) is 19.9 Å². The average molecular weight is 377 g/mol. The fraction of sp³-hybridized carbons (Fsp3) is 0.400. The molecular formula is C15H22Cl2N4O3. The zero-order chi connectivity index (χ0) is 17.6. The van der Waals surface area contributed by atoms with Crippen LogP contribution in [0.4, 0.5) is 5.69 Å². The fourth-order valence-electron chi connectivity index (χ4n) is 1.73. The Bertz CT molecular complexity index is 608. The molecule has 1 atom stereocenters. The molecule has 0 saturated carbocycles. The monoisotopic (exact) mass is 376 g/mol. The first-order valence-corrected chi connectivity index (χ1v) is 7.48. The van der Waals surface area contributed by atoms with E-state index in [1.807, 2.05) is 13.8 Å². The molecule has 0 unspecified atom stereocenters. The van der Waals surface area contributed by atoms with Crippen LogP contribution in [0.2, 0.25) is 5.02 Å². The van der Waals surface area contributed by atoms with E-state index >= 15 is 0 Å². The number of hydrogen-bond donors (Lipinski definition) is 4. The summed E-state index contributed by atoms with van der Waals surface area (Å²) in [6.07, 6.45) is 0. The first-order valence-electron chi connectivity index (χ1n) is 7.11. The molecule has 9 heteroatoms. The van der Waals surface area contributed by atoms with Crippen LogP contribution in [0, 0.1) is 5.92 Å². The maximum absolute atomic E-state index is 11.9. The molecule has 0 aliphatic carbocycles. The number of nitrogens with two attached hydrogens (primary N) is 1. The lowest BCUT2D eigenvalue weighted by atomic mass is 10.1. The third kappa shape index (κ3) is 6.35. The molecule has 1 aromatic carbocycles. The lowest BCUT2D eigenvalue weighted by molar-refractivity contribution is -0.125. The Morgan fingerprint density at radius 2 is 1.88 bits per heavy atom. The molecule has 0 saturated heterocycles. The molecule has 3 amide bonds. The van der Waals surface area contributed by atoms with Gasteiger partial charge in [0.25, 0.3) is 5.91 Å². The second-order valence-corrected chi connectivity index (χ2v) is 5.74. The van der Waals surface area contributed by atoms with Gasteiger partial charge < -0.3 is 21.7 Å². The predicted molar refractivity (Wildman–Crippen MR) is 96.5 cm³/mol. The Balaban J connectivity index is 0.00000529. The molecule has 0 spiro atoms. The van der Waals surface area contributed by atoms with Gasteiger partial charge in [-0.15, -0.1) is 12.4 Å².